The molecule has 0 fully saturated rings. The van der Waals surface area contributed by atoms with Crippen molar-refractivity contribution >= 4 is 40.7 Å². The summed E-state index contributed by atoms with van der Waals surface area (Å²) in [5, 5.41) is 3.03. The van der Waals surface area contributed by atoms with E-state index in [-0.39, 0.29) is 30.0 Å². The maximum Gasteiger partial charge on any atom is 0.189 e. The van der Waals surface area contributed by atoms with Crippen LogP contribution >= 0.6 is 24.0 Å². The van der Waals surface area contributed by atoms with Gasteiger partial charge < -0.3 is 15.8 Å². The molecule has 2 atom stereocenters. The van der Waals surface area contributed by atoms with Crippen LogP contribution in [0.1, 0.15) is 12.5 Å². The Morgan fingerprint density at radius 1 is 1.45 bits per heavy atom. The van der Waals surface area contributed by atoms with E-state index in [1.165, 1.54) is 0 Å². The number of nitrogens with zero attached hydrogens (tertiary/aromatic N) is 1. The Morgan fingerprint density at radius 2 is 2.05 bits per heavy atom. The number of methoxy groups -OCH3 is 1. The summed E-state index contributed by atoms with van der Waals surface area (Å²) in [6.45, 7) is 3.04. The molecule has 1 aromatic rings. The maximum atomic E-state index is 11.2. The number of rotatable bonds is 6. The highest BCUT2D eigenvalue weighted by Crippen LogP contribution is 2.08. The number of hydrogen-bond acceptors (Lipinski definition) is 3. The Balaban J connectivity index is 0.00000361. The van der Waals surface area contributed by atoms with E-state index in [1.54, 1.807) is 13.4 Å². The van der Waals surface area contributed by atoms with Gasteiger partial charge in [-0.25, -0.2) is 4.99 Å². The van der Waals surface area contributed by atoms with Crippen LogP contribution in [0.15, 0.2) is 34.2 Å². The first kappa shape index (κ1) is 19.3. The number of nitrogens with one attached hydrogen (secondary N) is 1. The maximum absolute atomic E-state index is 11.2. The van der Waals surface area contributed by atoms with Crippen LogP contribution in [0.2, 0.25) is 0 Å². The molecule has 20 heavy (non-hydrogen) atoms. The standard InChI is InChI=1S/C13H21N3O2S.HI/c1-10(9-18-2)16-13(14)15-8-11-4-6-12(7-5-11)19(3)17;/h4-7,10H,8-9H2,1-3H3,(H3,14,15,16);1H. The van der Waals surface area contributed by atoms with Crippen LogP contribution in [-0.4, -0.2) is 36.2 Å². The zero-order valence-corrected chi connectivity index (χ0v) is 15.1. The quantitative estimate of drug-likeness (QED) is 0.423. The fourth-order valence-corrected chi connectivity index (χ4v) is 2.07. The van der Waals surface area contributed by atoms with E-state index in [1.807, 2.05) is 31.2 Å². The number of guanidine groups is 1. The van der Waals surface area contributed by atoms with E-state index in [9.17, 15) is 4.21 Å². The van der Waals surface area contributed by atoms with Crippen molar-refractivity contribution in [2.45, 2.75) is 24.4 Å². The predicted octanol–water partition coefficient (Wildman–Crippen LogP) is 1.48. The van der Waals surface area contributed by atoms with Crippen LogP contribution in [0.4, 0.5) is 0 Å². The minimum absolute atomic E-state index is 0. The summed E-state index contributed by atoms with van der Waals surface area (Å²) >= 11 is 0. The molecule has 1 rings (SSSR count). The van der Waals surface area contributed by atoms with Gasteiger partial charge in [-0.1, -0.05) is 12.1 Å². The van der Waals surface area contributed by atoms with Crippen molar-refractivity contribution < 1.29 is 8.95 Å². The van der Waals surface area contributed by atoms with Gasteiger partial charge >= 0.3 is 0 Å². The highest BCUT2D eigenvalue weighted by atomic mass is 127. The monoisotopic (exact) mass is 411 g/mol. The molecule has 7 heteroatoms. The topological polar surface area (TPSA) is 76.7 Å². The molecule has 0 saturated carbocycles. The van der Waals surface area contributed by atoms with Crippen molar-refractivity contribution in [3.8, 4) is 0 Å². The van der Waals surface area contributed by atoms with Crippen molar-refractivity contribution in [1.82, 2.24) is 5.32 Å². The van der Waals surface area contributed by atoms with E-state index >= 15 is 0 Å². The van der Waals surface area contributed by atoms with Crippen molar-refractivity contribution in [1.29, 1.82) is 0 Å². The average molecular weight is 411 g/mol. The summed E-state index contributed by atoms with van der Waals surface area (Å²) < 4.78 is 16.2. The lowest BCUT2D eigenvalue weighted by molar-refractivity contribution is 0.179. The average Bonchev–Trinajstić information content (AvgIpc) is 2.37. The summed E-state index contributed by atoms with van der Waals surface area (Å²) in [5.41, 5.74) is 6.79. The van der Waals surface area contributed by atoms with Gasteiger partial charge in [0.1, 0.15) is 0 Å². The molecule has 0 spiro atoms. The van der Waals surface area contributed by atoms with Gasteiger partial charge in [-0.3, -0.25) is 4.21 Å². The van der Waals surface area contributed by atoms with Gasteiger partial charge in [0.15, 0.2) is 5.96 Å². The summed E-state index contributed by atoms with van der Waals surface area (Å²) in [6.07, 6.45) is 1.66. The smallest absolute Gasteiger partial charge is 0.189 e. The first-order chi connectivity index (χ1) is 9.02. The summed E-state index contributed by atoms with van der Waals surface area (Å²) in [5.74, 6) is 0.396. The number of halogens is 1. The molecule has 0 bridgehead atoms. The minimum atomic E-state index is -0.947. The fraction of sp³-hybridized carbons (Fsp3) is 0.462. The number of ether oxygens (including phenoxy) is 1. The third-order valence-corrected chi connectivity index (χ3v) is 3.43. The number of nitrogens with two attached hydrogens (primary N) is 1. The lowest BCUT2D eigenvalue weighted by Crippen LogP contribution is -2.40. The molecule has 0 aliphatic carbocycles. The summed E-state index contributed by atoms with van der Waals surface area (Å²) in [4.78, 5) is 5.06. The first-order valence-electron chi connectivity index (χ1n) is 6.00. The first-order valence-corrected chi connectivity index (χ1v) is 7.56. The minimum Gasteiger partial charge on any atom is -0.383 e. The fourth-order valence-electron chi connectivity index (χ4n) is 1.55. The van der Waals surface area contributed by atoms with Gasteiger partial charge in [0, 0.05) is 35.1 Å². The Labute approximate surface area is 139 Å². The molecule has 114 valence electrons. The van der Waals surface area contributed by atoms with Gasteiger partial charge in [0.25, 0.3) is 0 Å². The number of benzene rings is 1. The van der Waals surface area contributed by atoms with Gasteiger partial charge in [-0.2, -0.15) is 0 Å². The Bertz CT molecular complexity index is 451. The molecule has 5 nitrogen and oxygen atoms in total. The van der Waals surface area contributed by atoms with Gasteiger partial charge in [0.2, 0.25) is 0 Å². The molecule has 0 radical (unpaired) electrons. The molecule has 0 heterocycles. The lowest BCUT2D eigenvalue weighted by atomic mass is 10.2. The summed E-state index contributed by atoms with van der Waals surface area (Å²) in [6, 6.07) is 7.63. The van der Waals surface area contributed by atoms with Crippen molar-refractivity contribution in [3.63, 3.8) is 0 Å². The molecular formula is C13H22IN3O2S. The van der Waals surface area contributed by atoms with E-state index in [0.29, 0.717) is 19.1 Å². The number of aliphatic imine (C=N–C) groups is 1. The van der Waals surface area contributed by atoms with E-state index < -0.39 is 10.8 Å². The molecule has 0 amide bonds. The molecule has 2 unspecified atom stereocenters. The molecule has 1 aromatic carbocycles. The molecule has 0 aliphatic rings. The van der Waals surface area contributed by atoms with Crippen LogP contribution in [0.25, 0.3) is 0 Å². The highest BCUT2D eigenvalue weighted by molar-refractivity contribution is 14.0. The van der Waals surface area contributed by atoms with E-state index in [2.05, 4.69) is 10.3 Å². The Kier molecular flexibility index (Phi) is 9.78. The molecule has 3 N–H and O–H groups in total. The van der Waals surface area contributed by atoms with E-state index in [0.717, 1.165) is 10.5 Å². The van der Waals surface area contributed by atoms with Crippen molar-refractivity contribution in [3.05, 3.63) is 29.8 Å². The van der Waals surface area contributed by atoms with Crippen LogP contribution in [-0.2, 0) is 22.1 Å². The third kappa shape index (κ3) is 7.20. The molecule has 0 aromatic heterocycles. The number of hydrogen-bond donors (Lipinski definition) is 2. The van der Waals surface area contributed by atoms with Gasteiger partial charge in [0.05, 0.1) is 13.2 Å². The second-order valence-electron chi connectivity index (χ2n) is 4.30. The van der Waals surface area contributed by atoms with Crippen LogP contribution < -0.4 is 11.1 Å². The normalized spacial score (nSPS) is 14.2. The molecule has 0 saturated heterocycles. The zero-order valence-electron chi connectivity index (χ0n) is 12.0. The van der Waals surface area contributed by atoms with Crippen LogP contribution in [0, 0.1) is 0 Å². The SMILES string of the molecule is COCC(C)NC(N)=NCc1ccc(S(C)=O)cc1.I. The summed E-state index contributed by atoms with van der Waals surface area (Å²) in [7, 11) is 0.697. The van der Waals surface area contributed by atoms with E-state index in [4.69, 9.17) is 10.5 Å². The second kappa shape index (κ2) is 10.1. The Morgan fingerprint density at radius 3 is 2.55 bits per heavy atom. The third-order valence-electron chi connectivity index (χ3n) is 2.50. The van der Waals surface area contributed by atoms with Crippen molar-refractivity contribution in [2.75, 3.05) is 20.0 Å². The zero-order chi connectivity index (χ0) is 14.3. The largest absolute Gasteiger partial charge is 0.383 e. The van der Waals surface area contributed by atoms with Crippen LogP contribution in [0.3, 0.4) is 0 Å². The van der Waals surface area contributed by atoms with Gasteiger partial charge in [-0.15, -0.1) is 24.0 Å². The van der Waals surface area contributed by atoms with Gasteiger partial charge in [-0.05, 0) is 24.6 Å². The molecular weight excluding hydrogens is 389 g/mol. The van der Waals surface area contributed by atoms with Crippen molar-refractivity contribution in [2.24, 2.45) is 10.7 Å². The molecule has 0 aliphatic heterocycles. The Hall–Kier alpha value is -0.670. The second-order valence-corrected chi connectivity index (χ2v) is 5.68. The highest BCUT2D eigenvalue weighted by Gasteiger charge is 2.02. The van der Waals surface area contributed by atoms with Crippen LogP contribution in [0.5, 0.6) is 0 Å². The predicted molar refractivity (Wildman–Crippen MR) is 94.0 cm³/mol. The lowest BCUT2D eigenvalue weighted by Gasteiger charge is -2.13.